The van der Waals surface area contributed by atoms with E-state index in [1.54, 1.807) is 16.7 Å². The van der Waals surface area contributed by atoms with Gasteiger partial charge in [-0.2, -0.15) is 0 Å². The molecule has 0 spiro atoms. The molecule has 4 rings (SSSR count). The smallest absolute Gasteiger partial charge is 0.410 e. The highest BCUT2D eigenvalue weighted by Gasteiger charge is 2.24. The monoisotopic (exact) mass is 396 g/mol. The quantitative estimate of drug-likeness (QED) is 0.623. The molecule has 0 unspecified atom stereocenters. The maximum atomic E-state index is 12.4. The third kappa shape index (κ3) is 4.85. The first kappa shape index (κ1) is 18.8. The highest BCUT2D eigenvalue weighted by molar-refractivity contribution is 7.99. The van der Waals surface area contributed by atoms with Crippen LogP contribution in [0, 0.1) is 0 Å². The minimum atomic E-state index is -0.236. The van der Waals surface area contributed by atoms with E-state index in [9.17, 15) is 4.79 Å². The van der Waals surface area contributed by atoms with Gasteiger partial charge >= 0.3 is 6.09 Å². The van der Waals surface area contributed by atoms with E-state index >= 15 is 0 Å². The largest absolute Gasteiger partial charge is 0.445 e. The van der Waals surface area contributed by atoms with Crippen LogP contribution in [0.3, 0.4) is 0 Å². The van der Waals surface area contributed by atoms with E-state index < -0.39 is 0 Å². The fourth-order valence-electron chi connectivity index (χ4n) is 3.29. The number of carbonyl (C=O) groups excluding carboxylic acids is 1. The summed E-state index contributed by atoms with van der Waals surface area (Å²) in [6.45, 7) is 2.46. The number of amides is 1. The Bertz CT molecular complexity index is 882. The predicted octanol–water partition coefficient (Wildman–Crippen LogP) is 3.66. The Morgan fingerprint density at radius 2 is 2.00 bits per heavy atom. The van der Waals surface area contributed by atoms with Crippen molar-refractivity contribution in [1.29, 1.82) is 0 Å². The lowest BCUT2D eigenvalue weighted by Crippen LogP contribution is -2.52. The zero-order valence-electron chi connectivity index (χ0n) is 15.6. The summed E-state index contributed by atoms with van der Waals surface area (Å²) < 4.78 is 5.46. The van der Waals surface area contributed by atoms with Gasteiger partial charge in [0.2, 0.25) is 0 Å². The number of imidazole rings is 1. The summed E-state index contributed by atoms with van der Waals surface area (Å²) in [6.07, 6.45) is 0.727. The Balaban J connectivity index is 1.22. The number of ether oxygens (including phenoxy) is 1. The molecule has 2 heterocycles. The van der Waals surface area contributed by atoms with E-state index in [-0.39, 0.29) is 12.1 Å². The van der Waals surface area contributed by atoms with E-state index in [2.05, 4.69) is 15.3 Å². The van der Waals surface area contributed by atoms with E-state index in [1.807, 2.05) is 54.6 Å². The summed E-state index contributed by atoms with van der Waals surface area (Å²) in [4.78, 5) is 22.1. The minimum absolute atomic E-state index is 0.236. The van der Waals surface area contributed by atoms with Crippen molar-refractivity contribution in [1.82, 2.24) is 20.2 Å². The third-order valence-corrected chi connectivity index (χ3v) is 5.70. The summed E-state index contributed by atoms with van der Waals surface area (Å²) in [5.74, 6) is 0.935. The number of thioether (sulfide) groups is 1. The van der Waals surface area contributed by atoms with Crippen molar-refractivity contribution in [3.63, 3.8) is 0 Å². The van der Waals surface area contributed by atoms with Gasteiger partial charge in [-0.1, -0.05) is 54.2 Å². The molecule has 2 aromatic carbocycles. The second-order valence-corrected chi connectivity index (χ2v) is 7.92. The molecule has 1 aromatic heterocycles. The molecular weight excluding hydrogens is 372 g/mol. The third-order valence-electron chi connectivity index (χ3n) is 4.79. The van der Waals surface area contributed by atoms with Gasteiger partial charge in [0.05, 0.1) is 11.0 Å². The van der Waals surface area contributed by atoms with Gasteiger partial charge in [-0.15, -0.1) is 0 Å². The summed E-state index contributed by atoms with van der Waals surface area (Å²) in [6, 6.07) is 18.1. The standard InChI is InChI=1S/C21H24N4O2S/c26-21(27-15-16-6-2-1-3-7-16)25-12-11-22-17(14-25)10-13-28-20-23-18-8-4-5-9-19(18)24-20/h1-9,17,22H,10-15H2,(H,23,24)/t17-/m1/s1. The maximum Gasteiger partial charge on any atom is 0.410 e. The Morgan fingerprint density at radius 3 is 2.86 bits per heavy atom. The molecule has 0 saturated carbocycles. The number of benzene rings is 2. The number of para-hydroxylation sites is 2. The van der Waals surface area contributed by atoms with Crippen molar-refractivity contribution in [2.24, 2.45) is 0 Å². The Kier molecular flexibility index (Phi) is 6.14. The second-order valence-electron chi connectivity index (χ2n) is 6.83. The molecule has 1 atom stereocenters. The fraction of sp³-hybridized carbons (Fsp3) is 0.333. The maximum absolute atomic E-state index is 12.4. The van der Waals surface area contributed by atoms with Crippen LogP contribution in [0.15, 0.2) is 59.8 Å². The molecule has 0 bridgehead atoms. The highest BCUT2D eigenvalue weighted by Crippen LogP contribution is 2.20. The second kappa shape index (κ2) is 9.12. The lowest BCUT2D eigenvalue weighted by Gasteiger charge is -2.33. The van der Waals surface area contributed by atoms with Crippen molar-refractivity contribution in [2.45, 2.75) is 24.2 Å². The van der Waals surface area contributed by atoms with Crippen LogP contribution >= 0.6 is 11.8 Å². The molecule has 1 aliphatic rings. The van der Waals surface area contributed by atoms with Gasteiger partial charge in [-0.3, -0.25) is 0 Å². The Morgan fingerprint density at radius 1 is 1.18 bits per heavy atom. The van der Waals surface area contributed by atoms with Crippen LogP contribution < -0.4 is 5.32 Å². The van der Waals surface area contributed by atoms with Crippen LogP contribution in [-0.2, 0) is 11.3 Å². The molecule has 7 heteroatoms. The number of carbonyl (C=O) groups is 1. The molecule has 28 heavy (non-hydrogen) atoms. The van der Waals surface area contributed by atoms with Crippen molar-refractivity contribution < 1.29 is 9.53 Å². The summed E-state index contributed by atoms with van der Waals surface area (Å²) >= 11 is 1.72. The van der Waals surface area contributed by atoms with Crippen molar-refractivity contribution in [3.8, 4) is 0 Å². The molecule has 146 valence electrons. The summed E-state index contributed by atoms with van der Waals surface area (Å²) in [5.41, 5.74) is 3.06. The Hall–Kier alpha value is -2.51. The van der Waals surface area contributed by atoms with Gasteiger partial charge in [0.1, 0.15) is 6.61 Å². The number of rotatable bonds is 6. The van der Waals surface area contributed by atoms with Gasteiger partial charge in [-0.25, -0.2) is 9.78 Å². The van der Waals surface area contributed by atoms with Gasteiger partial charge in [0.25, 0.3) is 0 Å². The summed E-state index contributed by atoms with van der Waals surface area (Å²) in [5, 5.41) is 4.44. The fourth-order valence-corrected chi connectivity index (χ4v) is 4.23. The number of hydrogen-bond acceptors (Lipinski definition) is 5. The zero-order chi connectivity index (χ0) is 19.2. The van der Waals surface area contributed by atoms with Crippen LogP contribution in [0.5, 0.6) is 0 Å². The van der Waals surface area contributed by atoms with Gasteiger partial charge in [0, 0.05) is 31.4 Å². The number of hydrogen-bond donors (Lipinski definition) is 2. The average Bonchev–Trinajstić information content (AvgIpc) is 3.16. The minimum Gasteiger partial charge on any atom is -0.445 e. The highest BCUT2D eigenvalue weighted by atomic mass is 32.2. The molecular formula is C21H24N4O2S. The van der Waals surface area contributed by atoms with E-state index in [4.69, 9.17) is 4.74 Å². The van der Waals surface area contributed by atoms with Crippen LogP contribution in [-0.4, -0.2) is 52.4 Å². The van der Waals surface area contributed by atoms with E-state index in [1.165, 1.54) is 0 Å². The first-order chi connectivity index (χ1) is 13.8. The molecule has 1 fully saturated rings. The number of aromatic nitrogens is 2. The SMILES string of the molecule is O=C(OCc1ccccc1)N1CCN[C@H](CCSc2nc3ccccc3[nH]2)C1. The van der Waals surface area contributed by atoms with Crippen LogP contribution in [0.25, 0.3) is 11.0 Å². The molecule has 3 aromatic rings. The molecule has 1 saturated heterocycles. The number of nitrogens with zero attached hydrogens (tertiary/aromatic N) is 2. The van der Waals surface area contributed by atoms with Crippen molar-refractivity contribution in [3.05, 3.63) is 60.2 Å². The van der Waals surface area contributed by atoms with E-state index in [0.717, 1.165) is 40.5 Å². The van der Waals surface area contributed by atoms with E-state index in [0.29, 0.717) is 19.7 Å². The van der Waals surface area contributed by atoms with Gasteiger partial charge in [-0.05, 0) is 24.1 Å². The predicted molar refractivity (Wildman–Crippen MR) is 111 cm³/mol. The van der Waals surface area contributed by atoms with Crippen LogP contribution in [0.1, 0.15) is 12.0 Å². The van der Waals surface area contributed by atoms with Crippen molar-refractivity contribution in [2.75, 3.05) is 25.4 Å². The number of H-pyrrole nitrogens is 1. The lowest BCUT2D eigenvalue weighted by atomic mass is 10.2. The van der Waals surface area contributed by atoms with Crippen molar-refractivity contribution >= 4 is 28.9 Å². The molecule has 1 aliphatic heterocycles. The lowest BCUT2D eigenvalue weighted by molar-refractivity contribution is 0.0847. The molecule has 1 amide bonds. The molecule has 0 aliphatic carbocycles. The molecule has 6 nitrogen and oxygen atoms in total. The first-order valence-electron chi connectivity index (χ1n) is 9.54. The summed E-state index contributed by atoms with van der Waals surface area (Å²) in [7, 11) is 0. The zero-order valence-corrected chi connectivity index (χ0v) is 16.5. The molecule has 0 radical (unpaired) electrons. The molecule has 2 N–H and O–H groups in total. The van der Waals surface area contributed by atoms with Crippen LogP contribution in [0.4, 0.5) is 4.79 Å². The normalized spacial score (nSPS) is 17.0. The Labute approximate surface area is 168 Å². The number of piperazine rings is 1. The number of fused-ring (bicyclic) bond motifs is 1. The number of aromatic amines is 1. The van der Waals surface area contributed by atoms with Gasteiger partial charge < -0.3 is 19.9 Å². The topological polar surface area (TPSA) is 70.2 Å². The van der Waals surface area contributed by atoms with Crippen LogP contribution in [0.2, 0.25) is 0 Å². The van der Waals surface area contributed by atoms with Gasteiger partial charge in [0.15, 0.2) is 5.16 Å². The average molecular weight is 397 g/mol. The first-order valence-corrected chi connectivity index (χ1v) is 10.5. The number of nitrogens with one attached hydrogen (secondary N) is 2.